The van der Waals surface area contributed by atoms with Crippen LogP contribution in [0.3, 0.4) is 0 Å². The first-order valence-electron chi connectivity index (χ1n) is 6.40. The van der Waals surface area contributed by atoms with Gasteiger partial charge in [0.1, 0.15) is 0 Å². The van der Waals surface area contributed by atoms with E-state index in [2.05, 4.69) is 22.0 Å². The molecule has 2 aromatic heterocycles. The van der Waals surface area contributed by atoms with Gasteiger partial charge >= 0.3 is 0 Å². The molecular weight excluding hydrogens is 270 g/mol. The third-order valence-corrected chi connectivity index (χ3v) is 3.84. The lowest BCUT2D eigenvalue weighted by molar-refractivity contribution is 0.315. The molecule has 1 aromatic carbocycles. The number of fused-ring (bicyclic) bond motifs is 1. The highest BCUT2D eigenvalue weighted by molar-refractivity contribution is 7.15. The lowest BCUT2D eigenvalue weighted by atomic mass is 10.2. The Morgan fingerprint density at radius 1 is 1.25 bits per heavy atom. The van der Waals surface area contributed by atoms with E-state index in [1.54, 1.807) is 16.7 Å². The van der Waals surface area contributed by atoms with Crippen molar-refractivity contribution in [1.29, 1.82) is 0 Å². The van der Waals surface area contributed by atoms with Gasteiger partial charge in [0.15, 0.2) is 4.96 Å². The van der Waals surface area contributed by atoms with Gasteiger partial charge in [-0.3, -0.25) is 14.1 Å². The fourth-order valence-electron chi connectivity index (χ4n) is 2.20. The third-order valence-electron chi connectivity index (χ3n) is 3.08. The van der Waals surface area contributed by atoms with Crippen LogP contribution in [0.1, 0.15) is 11.3 Å². The number of benzene rings is 1. The van der Waals surface area contributed by atoms with E-state index in [0.717, 1.165) is 17.2 Å². The summed E-state index contributed by atoms with van der Waals surface area (Å²) in [6.07, 6.45) is 1.76. The van der Waals surface area contributed by atoms with Crippen molar-refractivity contribution in [2.24, 2.45) is 0 Å². The van der Waals surface area contributed by atoms with Gasteiger partial charge in [-0.1, -0.05) is 30.3 Å². The van der Waals surface area contributed by atoms with Gasteiger partial charge in [0.2, 0.25) is 0 Å². The van der Waals surface area contributed by atoms with Crippen LogP contribution in [0, 0.1) is 0 Å². The molecule has 2 heterocycles. The summed E-state index contributed by atoms with van der Waals surface area (Å²) >= 11 is 1.48. The minimum atomic E-state index is -0.0145. The molecule has 20 heavy (non-hydrogen) atoms. The maximum atomic E-state index is 11.9. The zero-order valence-electron chi connectivity index (χ0n) is 11.2. The molecule has 3 rings (SSSR count). The highest BCUT2D eigenvalue weighted by Crippen LogP contribution is 2.09. The van der Waals surface area contributed by atoms with E-state index in [4.69, 9.17) is 0 Å². The molecule has 0 aliphatic rings. The van der Waals surface area contributed by atoms with Crippen LogP contribution in [0.2, 0.25) is 0 Å². The van der Waals surface area contributed by atoms with Gasteiger partial charge in [0.25, 0.3) is 5.56 Å². The summed E-state index contributed by atoms with van der Waals surface area (Å²) in [5.41, 5.74) is 2.05. The predicted octanol–water partition coefficient (Wildman–Crippen LogP) is 2.39. The number of rotatable bonds is 4. The Kier molecular flexibility index (Phi) is 3.62. The van der Waals surface area contributed by atoms with E-state index in [-0.39, 0.29) is 5.56 Å². The molecule has 0 saturated carbocycles. The first-order chi connectivity index (χ1) is 9.72. The molecule has 3 aromatic rings. The summed E-state index contributed by atoms with van der Waals surface area (Å²) in [5.74, 6) is 0. The summed E-state index contributed by atoms with van der Waals surface area (Å²) < 4.78 is 1.57. The Morgan fingerprint density at radius 3 is 2.85 bits per heavy atom. The molecule has 0 saturated heterocycles. The van der Waals surface area contributed by atoms with Gasteiger partial charge in [-0.25, -0.2) is 4.98 Å². The third kappa shape index (κ3) is 2.79. The number of hydrogen-bond donors (Lipinski definition) is 0. The molecule has 4 nitrogen and oxygen atoms in total. The van der Waals surface area contributed by atoms with Crippen LogP contribution in [0.4, 0.5) is 0 Å². The zero-order valence-corrected chi connectivity index (χ0v) is 12.0. The average molecular weight is 285 g/mol. The van der Waals surface area contributed by atoms with Crippen molar-refractivity contribution in [3.8, 4) is 0 Å². The quantitative estimate of drug-likeness (QED) is 0.738. The summed E-state index contributed by atoms with van der Waals surface area (Å²) in [4.78, 5) is 19.3. The monoisotopic (exact) mass is 285 g/mol. The van der Waals surface area contributed by atoms with Crippen LogP contribution < -0.4 is 5.56 Å². The van der Waals surface area contributed by atoms with Crippen LogP contribution in [0.5, 0.6) is 0 Å². The van der Waals surface area contributed by atoms with Gasteiger partial charge in [-0.15, -0.1) is 11.3 Å². The number of thiazole rings is 1. The van der Waals surface area contributed by atoms with Crippen LogP contribution in [-0.2, 0) is 13.1 Å². The molecule has 0 atom stereocenters. The zero-order chi connectivity index (χ0) is 13.9. The second-order valence-corrected chi connectivity index (χ2v) is 5.67. The van der Waals surface area contributed by atoms with Gasteiger partial charge < -0.3 is 0 Å². The highest BCUT2D eigenvalue weighted by Gasteiger charge is 2.06. The predicted molar refractivity (Wildman–Crippen MR) is 81.0 cm³/mol. The fourth-order valence-corrected chi connectivity index (χ4v) is 2.94. The van der Waals surface area contributed by atoms with Gasteiger partial charge in [0, 0.05) is 30.7 Å². The molecule has 0 bridgehead atoms. The van der Waals surface area contributed by atoms with Crippen molar-refractivity contribution in [1.82, 2.24) is 14.3 Å². The molecule has 0 aliphatic heterocycles. The molecule has 0 radical (unpaired) electrons. The Bertz CT molecular complexity index is 763. The van der Waals surface area contributed by atoms with E-state index in [1.807, 2.05) is 30.6 Å². The Morgan fingerprint density at radius 2 is 2.05 bits per heavy atom. The van der Waals surface area contributed by atoms with Crippen LogP contribution in [-0.4, -0.2) is 21.3 Å². The average Bonchev–Trinajstić information content (AvgIpc) is 2.88. The summed E-state index contributed by atoms with van der Waals surface area (Å²) in [7, 11) is 2.03. The largest absolute Gasteiger partial charge is 0.296 e. The molecule has 102 valence electrons. The molecule has 0 unspecified atom stereocenters. The first kappa shape index (κ1) is 13.0. The lowest BCUT2D eigenvalue weighted by Crippen LogP contribution is -2.21. The molecule has 0 spiro atoms. The minimum absolute atomic E-state index is 0.0145. The first-order valence-corrected chi connectivity index (χ1v) is 7.28. The van der Waals surface area contributed by atoms with Gasteiger partial charge in [-0.05, 0) is 12.6 Å². The minimum Gasteiger partial charge on any atom is -0.296 e. The Labute approximate surface area is 120 Å². The summed E-state index contributed by atoms with van der Waals surface area (Å²) in [5, 5.41) is 1.88. The molecular formula is C15H15N3OS. The van der Waals surface area contributed by atoms with Crippen molar-refractivity contribution >= 4 is 16.3 Å². The van der Waals surface area contributed by atoms with E-state index < -0.39 is 0 Å². The normalized spacial score (nSPS) is 11.3. The van der Waals surface area contributed by atoms with Crippen LogP contribution >= 0.6 is 11.3 Å². The molecule has 5 heteroatoms. The maximum absolute atomic E-state index is 11.9. The number of nitrogens with zero attached hydrogens (tertiary/aromatic N) is 3. The van der Waals surface area contributed by atoms with Crippen molar-refractivity contribution in [2.45, 2.75) is 13.1 Å². The SMILES string of the molecule is CN(Cc1ccccc1)Cc1cc(=O)n2ccsc2n1. The van der Waals surface area contributed by atoms with Crippen LogP contribution in [0.25, 0.3) is 4.96 Å². The van der Waals surface area contributed by atoms with Crippen molar-refractivity contribution in [3.63, 3.8) is 0 Å². The van der Waals surface area contributed by atoms with E-state index in [9.17, 15) is 4.79 Å². The second-order valence-electron chi connectivity index (χ2n) is 4.80. The van der Waals surface area contributed by atoms with Gasteiger partial charge in [-0.2, -0.15) is 0 Å². The van der Waals surface area contributed by atoms with Gasteiger partial charge in [0.05, 0.1) is 5.69 Å². The highest BCUT2D eigenvalue weighted by atomic mass is 32.1. The standard InChI is InChI=1S/C15H15N3OS/c1-17(10-12-5-3-2-4-6-12)11-13-9-14(19)18-7-8-20-15(18)16-13/h2-9H,10-11H2,1H3. The molecule has 0 aliphatic carbocycles. The molecule has 0 amide bonds. The number of hydrogen-bond acceptors (Lipinski definition) is 4. The Balaban J connectivity index is 1.77. The lowest BCUT2D eigenvalue weighted by Gasteiger charge is -2.16. The van der Waals surface area contributed by atoms with Crippen molar-refractivity contribution in [2.75, 3.05) is 7.05 Å². The summed E-state index contributed by atoms with van der Waals surface area (Å²) in [6.45, 7) is 1.50. The fraction of sp³-hybridized carbons (Fsp3) is 0.200. The smallest absolute Gasteiger partial charge is 0.258 e. The Hall–Kier alpha value is -1.98. The maximum Gasteiger partial charge on any atom is 0.258 e. The van der Waals surface area contributed by atoms with Crippen molar-refractivity contribution < 1.29 is 0 Å². The van der Waals surface area contributed by atoms with Crippen LogP contribution in [0.15, 0.2) is 52.8 Å². The molecule has 0 N–H and O–H groups in total. The summed E-state index contributed by atoms with van der Waals surface area (Å²) in [6, 6.07) is 11.9. The number of aromatic nitrogens is 2. The van der Waals surface area contributed by atoms with Crippen molar-refractivity contribution in [3.05, 3.63) is 69.6 Å². The van der Waals surface area contributed by atoms with E-state index >= 15 is 0 Å². The van der Waals surface area contributed by atoms with E-state index in [0.29, 0.717) is 6.54 Å². The molecule has 0 fully saturated rings. The topological polar surface area (TPSA) is 37.6 Å². The second kappa shape index (κ2) is 5.56. The van der Waals surface area contributed by atoms with E-state index in [1.165, 1.54) is 16.9 Å².